The van der Waals surface area contributed by atoms with Crippen LogP contribution in [0.25, 0.3) is 21.9 Å². The van der Waals surface area contributed by atoms with Crippen molar-refractivity contribution in [2.45, 2.75) is 9.79 Å². The Labute approximate surface area is 176 Å². The van der Waals surface area contributed by atoms with E-state index in [1.807, 2.05) is 0 Å². The van der Waals surface area contributed by atoms with Crippen molar-refractivity contribution in [2.24, 2.45) is 0 Å². The number of benzene rings is 4. The van der Waals surface area contributed by atoms with Gasteiger partial charge < -0.3 is 0 Å². The second-order valence-corrected chi connectivity index (χ2v) is 9.15. The summed E-state index contributed by atoms with van der Waals surface area (Å²) in [6, 6.07) is 17.0. The Morgan fingerprint density at radius 2 is 1.48 bits per heavy atom. The molecule has 4 aromatic carbocycles. The van der Waals surface area contributed by atoms with Crippen LogP contribution in [0.15, 0.2) is 82.6 Å². The lowest BCUT2D eigenvalue weighted by atomic mass is 9.98. The molecule has 0 bridgehead atoms. The quantitative estimate of drug-likeness (QED) is 0.318. The average molecular weight is 449 g/mol. The number of hydrogen-bond acceptors (Lipinski definition) is 2. The van der Waals surface area contributed by atoms with Gasteiger partial charge in [0.25, 0.3) is 0 Å². The second kappa shape index (κ2) is 7.41. The number of halogens is 4. The summed E-state index contributed by atoms with van der Waals surface area (Å²) >= 11 is 11.8. The van der Waals surface area contributed by atoms with E-state index in [9.17, 15) is 17.2 Å². The van der Waals surface area contributed by atoms with E-state index in [-0.39, 0.29) is 14.8 Å². The van der Waals surface area contributed by atoms with E-state index < -0.39 is 21.5 Å². The predicted molar refractivity (Wildman–Crippen MR) is 111 cm³/mol. The average Bonchev–Trinajstić information content (AvgIpc) is 2.69. The van der Waals surface area contributed by atoms with Gasteiger partial charge >= 0.3 is 0 Å². The van der Waals surface area contributed by atoms with E-state index in [1.54, 1.807) is 24.3 Å². The van der Waals surface area contributed by atoms with Crippen molar-refractivity contribution in [1.29, 1.82) is 0 Å². The largest absolute Gasteiger partial charge is 0.218 e. The summed E-state index contributed by atoms with van der Waals surface area (Å²) in [6.07, 6.45) is 0. The molecule has 0 amide bonds. The van der Waals surface area contributed by atoms with Crippen molar-refractivity contribution in [3.63, 3.8) is 0 Å². The van der Waals surface area contributed by atoms with Gasteiger partial charge in [0.2, 0.25) is 9.84 Å². The molecule has 0 saturated heterocycles. The Kier molecular flexibility index (Phi) is 5.07. The Bertz CT molecular complexity index is 1350. The van der Waals surface area contributed by atoms with Crippen molar-refractivity contribution < 1.29 is 17.2 Å². The maximum atomic E-state index is 13.7. The first kappa shape index (κ1) is 19.8. The Balaban J connectivity index is 2.06. The van der Waals surface area contributed by atoms with Crippen molar-refractivity contribution >= 4 is 43.8 Å². The molecule has 2 nitrogen and oxygen atoms in total. The third-order valence-electron chi connectivity index (χ3n) is 4.57. The molecule has 4 aromatic rings. The topological polar surface area (TPSA) is 34.1 Å². The van der Waals surface area contributed by atoms with Crippen LogP contribution in [0.5, 0.6) is 0 Å². The van der Waals surface area contributed by atoms with Crippen molar-refractivity contribution in [3.8, 4) is 11.1 Å². The molecule has 0 spiro atoms. The minimum absolute atomic E-state index is 0.00149. The zero-order valence-electron chi connectivity index (χ0n) is 14.7. The summed E-state index contributed by atoms with van der Waals surface area (Å²) < 4.78 is 54.0. The number of sulfone groups is 1. The molecule has 0 radical (unpaired) electrons. The number of rotatable bonds is 3. The molecule has 0 fully saturated rings. The molecule has 0 heterocycles. The van der Waals surface area contributed by atoms with E-state index in [0.29, 0.717) is 26.9 Å². The van der Waals surface area contributed by atoms with Crippen LogP contribution in [0.2, 0.25) is 10.0 Å². The summed E-state index contributed by atoms with van der Waals surface area (Å²) in [6.45, 7) is 0. The predicted octanol–water partition coefficient (Wildman–Crippen LogP) is 6.92. The molecule has 0 saturated carbocycles. The van der Waals surface area contributed by atoms with Crippen LogP contribution < -0.4 is 0 Å². The van der Waals surface area contributed by atoms with E-state index >= 15 is 0 Å². The molecular formula is C22H12Cl2F2O2S. The van der Waals surface area contributed by atoms with Crippen LogP contribution in [-0.4, -0.2) is 8.42 Å². The van der Waals surface area contributed by atoms with Gasteiger partial charge in [-0.3, -0.25) is 0 Å². The molecule has 4 rings (SSSR count). The zero-order valence-corrected chi connectivity index (χ0v) is 17.0. The molecular weight excluding hydrogens is 437 g/mol. The van der Waals surface area contributed by atoms with Gasteiger partial charge in [-0.25, -0.2) is 17.2 Å². The maximum Gasteiger partial charge on any atom is 0.207 e. The molecule has 0 atom stereocenters. The Hall–Kier alpha value is -2.47. The second-order valence-electron chi connectivity index (χ2n) is 6.39. The molecule has 29 heavy (non-hydrogen) atoms. The number of fused-ring (bicyclic) bond motifs is 1. The third kappa shape index (κ3) is 3.62. The molecule has 7 heteroatoms. The van der Waals surface area contributed by atoms with Crippen LogP contribution in [0.1, 0.15) is 0 Å². The molecule has 0 aliphatic rings. The van der Waals surface area contributed by atoms with Crippen molar-refractivity contribution in [3.05, 3.63) is 94.5 Å². The lowest BCUT2D eigenvalue weighted by Crippen LogP contribution is -2.05. The number of hydrogen-bond donors (Lipinski definition) is 0. The lowest BCUT2D eigenvalue weighted by molar-refractivity contribution is 0.595. The zero-order chi connectivity index (χ0) is 20.8. The minimum atomic E-state index is -4.05. The van der Waals surface area contributed by atoms with Gasteiger partial charge in [0.15, 0.2) is 0 Å². The van der Waals surface area contributed by atoms with Gasteiger partial charge in [0.05, 0.1) is 14.8 Å². The van der Waals surface area contributed by atoms with E-state index in [2.05, 4.69) is 0 Å². The smallest absolute Gasteiger partial charge is 0.207 e. The van der Waals surface area contributed by atoms with Crippen LogP contribution in [0.4, 0.5) is 8.78 Å². The summed E-state index contributed by atoms with van der Waals surface area (Å²) in [7, 11) is -4.05. The molecule has 0 aromatic heterocycles. The monoisotopic (exact) mass is 448 g/mol. The molecule has 0 unspecified atom stereocenters. The summed E-state index contributed by atoms with van der Waals surface area (Å²) in [5, 5.41) is 1.31. The van der Waals surface area contributed by atoms with Crippen molar-refractivity contribution in [1.82, 2.24) is 0 Å². The molecule has 0 aliphatic carbocycles. The van der Waals surface area contributed by atoms with Crippen molar-refractivity contribution in [2.75, 3.05) is 0 Å². The fourth-order valence-corrected chi connectivity index (χ4v) is 5.08. The highest BCUT2D eigenvalue weighted by Gasteiger charge is 2.25. The summed E-state index contributed by atoms with van der Waals surface area (Å²) in [5.74, 6) is -1.14. The highest BCUT2D eigenvalue weighted by Crippen LogP contribution is 2.38. The first-order valence-corrected chi connectivity index (χ1v) is 10.7. The molecule has 0 N–H and O–H groups in total. The fraction of sp³-hybridized carbons (Fsp3) is 0. The SMILES string of the molecule is O=S(=O)(c1ccc(F)c(Cl)c1)c1ccc2cc(F)ccc2c1-c1ccc(Cl)cc1. The van der Waals surface area contributed by atoms with Gasteiger partial charge in [-0.2, -0.15) is 0 Å². The standard InChI is InChI=1S/C22H12Cl2F2O2S/c23-15-4-1-13(2-5-15)22-18-8-6-16(25)11-14(18)3-10-21(22)29(27,28)17-7-9-20(26)19(24)12-17/h1-12H. The minimum Gasteiger partial charge on any atom is -0.218 e. The molecule has 0 aliphatic heterocycles. The van der Waals surface area contributed by atoms with Crippen LogP contribution in [-0.2, 0) is 9.84 Å². The van der Waals surface area contributed by atoms with Gasteiger partial charge in [-0.1, -0.05) is 47.5 Å². The first-order chi connectivity index (χ1) is 13.8. The Morgan fingerprint density at radius 1 is 0.759 bits per heavy atom. The highest BCUT2D eigenvalue weighted by molar-refractivity contribution is 7.91. The van der Waals surface area contributed by atoms with Gasteiger partial charge in [-0.15, -0.1) is 0 Å². The third-order valence-corrected chi connectivity index (χ3v) is 6.90. The first-order valence-electron chi connectivity index (χ1n) is 8.46. The highest BCUT2D eigenvalue weighted by atomic mass is 35.5. The van der Waals surface area contributed by atoms with Crippen LogP contribution in [0.3, 0.4) is 0 Å². The molecule has 146 valence electrons. The van der Waals surface area contributed by atoms with E-state index in [0.717, 1.165) is 18.2 Å². The summed E-state index contributed by atoms with van der Waals surface area (Å²) in [4.78, 5) is -0.137. The van der Waals surface area contributed by atoms with Crippen LogP contribution >= 0.6 is 23.2 Å². The fourth-order valence-electron chi connectivity index (χ4n) is 3.19. The van der Waals surface area contributed by atoms with Crippen LogP contribution in [0, 0.1) is 11.6 Å². The Morgan fingerprint density at radius 3 is 2.17 bits per heavy atom. The van der Waals surface area contributed by atoms with Gasteiger partial charge in [0, 0.05) is 10.6 Å². The van der Waals surface area contributed by atoms with Gasteiger partial charge in [0.1, 0.15) is 11.6 Å². The van der Waals surface area contributed by atoms with E-state index in [1.165, 1.54) is 30.3 Å². The van der Waals surface area contributed by atoms with E-state index in [4.69, 9.17) is 23.2 Å². The summed E-state index contributed by atoms with van der Waals surface area (Å²) in [5.41, 5.74) is 0.998. The van der Waals surface area contributed by atoms with Gasteiger partial charge in [-0.05, 0) is 64.9 Å². The lowest BCUT2D eigenvalue weighted by Gasteiger charge is -2.15. The maximum absolute atomic E-state index is 13.7. The normalized spacial score (nSPS) is 11.7.